The molecular weight excluding hydrogens is 172 g/mol. The van der Waals surface area contributed by atoms with E-state index >= 15 is 0 Å². The standard InChI is InChI=1S/C12H22N2/c1-14-8-5-11(13-10-3-4-10)12(9-14)6-2-7-12/h10-11,13H,2-9H2,1H3. The van der Waals surface area contributed by atoms with Crippen molar-refractivity contribution >= 4 is 0 Å². The van der Waals surface area contributed by atoms with Crippen molar-refractivity contribution in [1.29, 1.82) is 0 Å². The fraction of sp³-hybridized carbons (Fsp3) is 1.00. The lowest BCUT2D eigenvalue weighted by molar-refractivity contribution is -0.00413. The van der Waals surface area contributed by atoms with Crippen LogP contribution in [0, 0.1) is 5.41 Å². The molecule has 0 amide bonds. The molecule has 3 aliphatic rings. The van der Waals surface area contributed by atoms with Gasteiger partial charge in [-0.05, 0) is 51.1 Å². The Kier molecular flexibility index (Phi) is 2.10. The first-order valence-corrected chi connectivity index (χ1v) is 6.23. The Morgan fingerprint density at radius 3 is 2.57 bits per heavy atom. The summed E-state index contributed by atoms with van der Waals surface area (Å²) in [4.78, 5) is 2.53. The Morgan fingerprint density at radius 1 is 1.21 bits per heavy atom. The molecule has 1 heterocycles. The van der Waals surface area contributed by atoms with Gasteiger partial charge in [-0.3, -0.25) is 0 Å². The number of likely N-dealkylation sites (tertiary alicyclic amines) is 1. The van der Waals surface area contributed by atoms with E-state index in [-0.39, 0.29) is 0 Å². The largest absolute Gasteiger partial charge is 0.311 e. The van der Waals surface area contributed by atoms with Crippen LogP contribution in [0.4, 0.5) is 0 Å². The van der Waals surface area contributed by atoms with Gasteiger partial charge in [0.25, 0.3) is 0 Å². The lowest BCUT2D eigenvalue weighted by Crippen LogP contribution is -2.59. The minimum atomic E-state index is 0.676. The molecule has 0 aromatic heterocycles. The molecule has 80 valence electrons. The molecule has 1 spiro atoms. The van der Waals surface area contributed by atoms with Gasteiger partial charge >= 0.3 is 0 Å². The molecule has 0 bridgehead atoms. The minimum Gasteiger partial charge on any atom is -0.311 e. The van der Waals surface area contributed by atoms with E-state index in [0.29, 0.717) is 5.41 Å². The van der Waals surface area contributed by atoms with Crippen LogP contribution in [0.15, 0.2) is 0 Å². The molecule has 1 unspecified atom stereocenters. The summed E-state index contributed by atoms with van der Waals surface area (Å²) in [6.45, 7) is 2.64. The third-order valence-corrected chi connectivity index (χ3v) is 4.49. The van der Waals surface area contributed by atoms with E-state index in [9.17, 15) is 0 Å². The Labute approximate surface area is 87.0 Å². The molecule has 0 radical (unpaired) electrons. The predicted octanol–water partition coefficient (Wildman–Crippen LogP) is 1.61. The summed E-state index contributed by atoms with van der Waals surface area (Å²) < 4.78 is 0. The molecule has 1 saturated heterocycles. The Balaban J connectivity index is 1.67. The second-order valence-electron chi connectivity index (χ2n) is 5.74. The fourth-order valence-electron chi connectivity index (χ4n) is 3.31. The van der Waals surface area contributed by atoms with Crippen LogP contribution in [0.1, 0.15) is 38.5 Å². The lowest BCUT2D eigenvalue weighted by Gasteiger charge is -2.53. The molecule has 0 aromatic rings. The maximum absolute atomic E-state index is 3.88. The SMILES string of the molecule is CN1CCC(NC2CC2)C2(CCC2)C1. The maximum atomic E-state index is 3.88. The van der Waals surface area contributed by atoms with Crippen molar-refractivity contribution in [2.75, 3.05) is 20.1 Å². The highest BCUT2D eigenvalue weighted by Crippen LogP contribution is 2.48. The average Bonchev–Trinajstić information content (AvgIpc) is 2.89. The lowest BCUT2D eigenvalue weighted by atomic mass is 9.61. The van der Waals surface area contributed by atoms with Gasteiger partial charge in [-0.25, -0.2) is 0 Å². The smallest absolute Gasteiger partial charge is 0.0150 e. The minimum absolute atomic E-state index is 0.676. The summed E-state index contributed by atoms with van der Waals surface area (Å²) in [6, 6.07) is 1.74. The van der Waals surface area contributed by atoms with Gasteiger partial charge < -0.3 is 10.2 Å². The molecule has 1 aliphatic heterocycles. The van der Waals surface area contributed by atoms with Crippen LogP contribution < -0.4 is 5.32 Å². The van der Waals surface area contributed by atoms with Crippen molar-refractivity contribution in [2.45, 2.75) is 50.6 Å². The van der Waals surface area contributed by atoms with Crippen LogP contribution in [-0.2, 0) is 0 Å². The van der Waals surface area contributed by atoms with Gasteiger partial charge in [0.05, 0.1) is 0 Å². The van der Waals surface area contributed by atoms with Gasteiger partial charge in [0, 0.05) is 18.6 Å². The van der Waals surface area contributed by atoms with Gasteiger partial charge in [0.2, 0.25) is 0 Å². The van der Waals surface area contributed by atoms with Crippen molar-refractivity contribution in [2.24, 2.45) is 5.41 Å². The number of hydrogen-bond acceptors (Lipinski definition) is 2. The van der Waals surface area contributed by atoms with Gasteiger partial charge in [-0.2, -0.15) is 0 Å². The highest BCUT2D eigenvalue weighted by atomic mass is 15.1. The Hall–Kier alpha value is -0.0800. The summed E-state index contributed by atoms with van der Waals surface area (Å²) in [5.74, 6) is 0. The van der Waals surface area contributed by atoms with Crippen LogP contribution in [0.5, 0.6) is 0 Å². The monoisotopic (exact) mass is 194 g/mol. The van der Waals surface area contributed by atoms with Crippen molar-refractivity contribution < 1.29 is 0 Å². The molecular formula is C12H22N2. The second kappa shape index (κ2) is 3.21. The van der Waals surface area contributed by atoms with E-state index in [2.05, 4.69) is 17.3 Å². The van der Waals surface area contributed by atoms with Gasteiger partial charge in [0.15, 0.2) is 0 Å². The summed E-state index contributed by atoms with van der Waals surface area (Å²) >= 11 is 0. The van der Waals surface area contributed by atoms with Crippen LogP contribution in [0.25, 0.3) is 0 Å². The molecule has 3 fully saturated rings. The molecule has 1 atom stereocenters. The van der Waals surface area contributed by atoms with E-state index in [1.54, 1.807) is 0 Å². The van der Waals surface area contributed by atoms with Crippen LogP contribution in [0.2, 0.25) is 0 Å². The van der Waals surface area contributed by atoms with E-state index in [1.165, 1.54) is 51.6 Å². The molecule has 1 N–H and O–H groups in total. The third kappa shape index (κ3) is 1.49. The molecule has 2 nitrogen and oxygen atoms in total. The molecule has 2 heteroatoms. The zero-order valence-electron chi connectivity index (χ0n) is 9.26. The van der Waals surface area contributed by atoms with Crippen molar-refractivity contribution in [3.63, 3.8) is 0 Å². The summed E-state index contributed by atoms with van der Waals surface area (Å²) in [5, 5.41) is 3.88. The third-order valence-electron chi connectivity index (χ3n) is 4.49. The van der Waals surface area contributed by atoms with Crippen LogP contribution in [-0.4, -0.2) is 37.1 Å². The molecule has 2 aliphatic carbocycles. The van der Waals surface area contributed by atoms with Crippen molar-refractivity contribution in [3.8, 4) is 0 Å². The van der Waals surface area contributed by atoms with E-state index < -0.39 is 0 Å². The normalized spacial score (nSPS) is 37.1. The van der Waals surface area contributed by atoms with Gasteiger partial charge in [-0.15, -0.1) is 0 Å². The molecule has 0 aromatic carbocycles. The first-order valence-electron chi connectivity index (χ1n) is 6.23. The zero-order chi connectivity index (χ0) is 9.60. The van der Waals surface area contributed by atoms with Crippen LogP contribution in [0.3, 0.4) is 0 Å². The maximum Gasteiger partial charge on any atom is 0.0150 e. The molecule has 2 saturated carbocycles. The number of piperidine rings is 1. The molecule has 14 heavy (non-hydrogen) atoms. The quantitative estimate of drug-likeness (QED) is 0.718. The number of nitrogens with one attached hydrogen (secondary N) is 1. The number of hydrogen-bond donors (Lipinski definition) is 1. The van der Waals surface area contributed by atoms with Gasteiger partial charge in [0.1, 0.15) is 0 Å². The molecule has 3 rings (SSSR count). The highest BCUT2D eigenvalue weighted by molar-refractivity contribution is 5.03. The summed E-state index contributed by atoms with van der Waals surface area (Å²) in [5.41, 5.74) is 0.676. The van der Waals surface area contributed by atoms with Gasteiger partial charge in [-0.1, -0.05) is 6.42 Å². The predicted molar refractivity (Wildman–Crippen MR) is 58.3 cm³/mol. The first-order chi connectivity index (χ1) is 6.78. The fourth-order valence-corrected chi connectivity index (χ4v) is 3.31. The van der Waals surface area contributed by atoms with E-state index in [4.69, 9.17) is 0 Å². The topological polar surface area (TPSA) is 15.3 Å². The Morgan fingerprint density at radius 2 is 2.00 bits per heavy atom. The zero-order valence-corrected chi connectivity index (χ0v) is 9.26. The van der Waals surface area contributed by atoms with Crippen molar-refractivity contribution in [1.82, 2.24) is 10.2 Å². The number of rotatable bonds is 2. The highest BCUT2D eigenvalue weighted by Gasteiger charge is 2.47. The number of nitrogens with zero attached hydrogens (tertiary/aromatic N) is 1. The first kappa shape index (κ1) is 9.17. The van der Waals surface area contributed by atoms with E-state index in [0.717, 1.165) is 12.1 Å². The van der Waals surface area contributed by atoms with Crippen molar-refractivity contribution in [3.05, 3.63) is 0 Å². The Bertz CT molecular complexity index is 218. The van der Waals surface area contributed by atoms with E-state index in [1.807, 2.05) is 0 Å². The summed E-state index contributed by atoms with van der Waals surface area (Å²) in [7, 11) is 2.29. The summed E-state index contributed by atoms with van der Waals surface area (Å²) in [6.07, 6.45) is 8.66. The second-order valence-corrected chi connectivity index (χ2v) is 5.74. The van der Waals surface area contributed by atoms with Crippen LogP contribution >= 0.6 is 0 Å². The average molecular weight is 194 g/mol.